The van der Waals surface area contributed by atoms with Gasteiger partial charge in [-0.05, 0) is 79.3 Å². The summed E-state index contributed by atoms with van der Waals surface area (Å²) in [4.78, 5) is 19.0. The number of aromatic nitrogens is 2. The number of benzene rings is 2. The summed E-state index contributed by atoms with van der Waals surface area (Å²) in [5.41, 5.74) is 3.34. The van der Waals surface area contributed by atoms with Gasteiger partial charge >= 0.3 is 5.97 Å². The largest absolute Gasteiger partial charge is 0.491 e. The lowest BCUT2D eigenvalue weighted by atomic mass is 9.93. The molecular weight excluding hydrogens is 538 g/mol. The van der Waals surface area contributed by atoms with Crippen LogP contribution >= 0.6 is 23.4 Å². The van der Waals surface area contributed by atoms with Crippen molar-refractivity contribution in [1.82, 2.24) is 9.97 Å². The van der Waals surface area contributed by atoms with E-state index >= 15 is 0 Å². The summed E-state index contributed by atoms with van der Waals surface area (Å²) in [5, 5.41) is 19.4. The molecule has 0 spiro atoms. The van der Waals surface area contributed by atoms with E-state index in [1.165, 1.54) is 11.8 Å². The number of ether oxygens (including phenoxy) is 3. The molecule has 3 rings (SSSR count). The maximum atomic E-state index is 10.4. The van der Waals surface area contributed by atoms with Crippen molar-refractivity contribution < 1.29 is 24.1 Å². The summed E-state index contributed by atoms with van der Waals surface area (Å²) in [6.07, 6.45) is 6.68. The fraction of sp³-hybridized carbons (Fsp3) is 0.379. The van der Waals surface area contributed by atoms with Crippen molar-refractivity contribution in [3.63, 3.8) is 0 Å². The molecule has 0 saturated heterocycles. The second kappa shape index (κ2) is 15.9. The standard InChI is InChI=1S/C29H32ClN3O5S/c1-20(22-6-8-25(9-7-22)38-18-24-10-11-32-29(33-24)39-2)14-21-15-23(17-31)28(26(30)16-21)37-13-5-3-4-12-36-19-27(34)35/h6-11,15-16,20H,3-5,12-14,18-19H2,1-2H3,(H,34,35)/t20-/m1/s1. The summed E-state index contributed by atoms with van der Waals surface area (Å²) in [6, 6.07) is 15.7. The number of aliphatic carboxylic acids is 1. The summed E-state index contributed by atoms with van der Waals surface area (Å²) in [6.45, 7) is 3.02. The molecule has 0 aliphatic rings. The summed E-state index contributed by atoms with van der Waals surface area (Å²) < 4.78 is 16.7. The van der Waals surface area contributed by atoms with E-state index in [2.05, 4.69) is 23.0 Å². The van der Waals surface area contributed by atoms with Crippen LogP contribution in [-0.4, -0.2) is 47.1 Å². The molecule has 0 aliphatic heterocycles. The monoisotopic (exact) mass is 569 g/mol. The SMILES string of the molecule is CSc1nccc(COc2ccc([C@H](C)Cc3cc(Cl)c(OCCCCCOCC(=O)O)c(C#N)c3)cc2)n1. The van der Waals surface area contributed by atoms with Gasteiger partial charge in [-0.3, -0.25) is 0 Å². The molecule has 0 saturated carbocycles. The summed E-state index contributed by atoms with van der Waals surface area (Å²) >= 11 is 7.99. The highest BCUT2D eigenvalue weighted by atomic mass is 35.5. The molecule has 10 heteroatoms. The van der Waals surface area contributed by atoms with Gasteiger partial charge in [0.2, 0.25) is 0 Å². The number of nitriles is 1. The quantitative estimate of drug-likeness (QED) is 0.120. The van der Waals surface area contributed by atoms with E-state index in [-0.39, 0.29) is 12.5 Å². The molecular formula is C29H32ClN3O5S. The molecule has 0 fully saturated rings. The molecule has 206 valence electrons. The van der Waals surface area contributed by atoms with Gasteiger partial charge in [-0.1, -0.05) is 42.4 Å². The van der Waals surface area contributed by atoms with Gasteiger partial charge in [-0.2, -0.15) is 5.26 Å². The average Bonchev–Trinajstić information content (AvgIpc) is 2.94. The minimum absolute atomic E-state index is 0.197. The first-order valence-corrected chi connectivity index (χ1v) is 14.2. The molecule has 1 N–H and O–H groups in total. The van der Waals surface area contributed by atoms with Crippen LogP contribution in [0.4, 0.5) is 0 Å². The van der Waals surface area contributed by atoms with E-state index in [1.54, 1.807) is 6.20 Å². The van der Waals surface area contributed by atoms with Crippen LogP contribution in [0.1, 0.15) is 54.5 Å². The Labute approximate surface area is 238 Å². The van der Waals surface area contributed by atoms with Crippen LogP contribution in [0.2, 0.25) is 5.02 Å². The predicted molar refractivity (Wildman–Crippen MR) is 151 cm³/mol. The minimum Gasteiger partial charge on any atom is -0.491 e. The van der Waals surface area contributed by atoms with E-state index < -0.39 is 5.97 Å². The highest BCUT2D eigenvalue weighted by molar-refractivity contribution is 7.98. The van der Waals surface area contributed by atoms with E-state index in [0.717, 1.165) is 47.0 Å². The first kappa shape index (κ1) is 30.2. The molecule has 0 unspecified atom stereocenters. The van der Waals surface area contributed by atoms with Crippen LogP contribution in [0.25, 0.3) is 0 Å². The molecule has 1 aromatic heterocycles. The molecule has 0 radical (unpaired) electrons. The third kappa shape index (κ3) is 10.1. The molecule has 39 heavy (non-hydrogen) atoms. The van der Waals surface area contributed by atoms with Gasteiger partial charge in [0.25, 0.3) is 0 Å². The van der Waals surface area contributed by atoms with Crippen LogP contribution in [-0.2, 0) is 22.6 Å². The maximum absolute atomic E-state index is 10.4. The number of carboxylic acids is 1. The summed E-state index contributed by atoms with van der Waals surface area (Å²) in [5.74, 6) is 0.382. The zero-order chi connectivity index (χ0) is 28.0. The number of hydrogen-bond donors (Lipinski definition) is 1. The van der Waals surface area contributed by atoms with E-state index in [9.17, 15) is 10.1 Å². The smallest absolute Gasteiger partial charge is 0.329 e. The number of hydrogen-bond acceptors (Lipinski definition) is 8. The van der Waals surface area contributed by atoms with Gasteiger partial charge in [0.1, 0.15) is 25.0 Å². The Hall–Kier alpha value is -3.32. The van der Waals surface area contributed by atoms with Crippen molar-refractivity contribution in [1.29, 1.82) is 5.26 Å². The molecule has 0 amide bonds. The normalized spacial score (nSPS) is 11.5. The number of carbonyl (C=O) groups is 1. The van der Waals surface area contributed by atoms with Crippen LogP contribution in [0.3, 0.4) is 0 Å². The van der Waals surface area contributed by atoms with Crippen molar-refractivity contribution in [2.75, 3.05) is 26.1 Å². The number of unbranched alkanes of at least 4 members (excludes halogenated alkanes) is 2. The lowest BCUT2D eigenvalue weighted by Crippen LogP contribution is -2.08. The molecule has 2 aromatic carbocycles. The predicted octanol–water partition coefficient (Wildman–Crippen LogP) is 6.30. The van der Waals surface area contributed by atoms with Gasteiger partial charge < -0.3 is 19.3 Å². The zero-order valence-corrected chi connectivity index (χ0v) is 23.6. The zero-order valence-electron chi connectivity index (χ0n) is 22.1. The van der Waals surface area contributed by atoms with Crippen molar-refractivity contribution in [2.24, 2.45) is 0 Å². The van der Waals surface area contributed by atoms with E-state index in [1.807, 2.05) is 48.7 Å². The number of rotatable bonds is 16. The highest BCUT2D eigenvalue weighted by Crippen LogP contribution is 2.32. The topological polar surface area (TPSA) is 115 Å². The van der Waals surface area contributed by atoms with Crippen LogP contribution in [0.15, 0.2) is 53.8 Å². The lowest BCUT2D eigenvalue weighted by molar-refractivity contribution is -0.142. The molecule has 0 bridgehead atoms. The molecule has 1 atom stereocenters. The Balaban J connectivity index is 1.50. The number of carboxylic acid groups (broad SMARTS) is 1. The summed E-state index contributed by atoms with van der Waals surface area (Å²) in [7, 11) is 0. The van der Waals surface area contributed by atoms with Gasteiger partial charge in [0, 0.05) is 12.8 Å². The fourth-order valence-corrected chi connectivity index (χ4v) is 4.56. The first-order valence-electron chi connectivity index (χ1n) is 12.6. The van der Waals surface area contributed by atoms with Gasteiger partial charge in [0.15, 0.2) is 10.9 Å². The van der Waals surface area contributed by atoms with E-state index in [0.29, 0.717) is 42.6 Å². The molecule has 8 nitrogen and oxygen atoms in total. The molecule has 1 heterocycles. The Morgan fingerprint density at radius 3 is 2.62 bits per heavy atom. The number of halogens is 1. The van der Waals surface area contributed by atoms with Gasteiger partial charge in [0.05, 0.1) is 22.9 Å². The average molecular weight is 570 g/mol. The second-order valence-electron chi connectivity index (χ2n) is 8.92. The first-order chi connectivity index (χ1) is 18.9. The lowest BCUT2D eigenvalue weighted by Gasteiger charge is -2.16. The number of nitrogens with zero attached hydrogens (tertiary/aromatic N) is 3. The number of thioether (sulfide) groups is 1. The van der Waals surface area contributed by atoms with Crippen molar-refractivity contribution in [3.05, 3.63) is 76.1 Å². The van der Waals surface area contributed by atoms with Crippen molar-refractivity contribution in [3.8, 4) is 17.6 Å². The Morgan fingerprint density at radius 1 is 1.13 bits per heavy atom. The second-order valence-corrected chi connectivity index (χ2v) is 10.1. The van der Waals surface area contributed by atoms with Gasteiger partial charge in [-0.15, -0.1) is 0 Å². The van der Waals surface area contributed by atoms with Gasteiger partial charge in [-0.25, -0.2) is 14.8 Å². The van der Waals surface area contributed by atoms with Crippen molar-refractivity contribution >= 4 is 29.3 Å². The third-order valence-electron chi connectivity index (χ3n) is 5.88. The Bertz CT molecular complexity index is 1270. The molecule has 3 aromatic rings. The van der Waals surface area contributed by atoms with Crippen LogP contribution < -0.4 is 9.47 Å². The maximum Gasteiger partial charge on any atom is 0.329 e. The Kier molecular flexibility index (Phi) is 12.4. The molecule has 0 aliphatic carbocycles. The van der Waals surface area contributed by atoms with Crippen LogP contribution in [0.5, 0.6) is 11.5 Å². The Morgan fingerprint density at radius 2 is 1.90 bits per heavy atom. The third-order valence-corrected chi connectivity index (χ3v) is 6.72. The minimum atomic E-state index is -0.974. The van der Waals surface area contributed by atoms with Crippen LogP contribution in [0, 0.1) is 11.3 Å². The highest BCUT2D eigenvalue weighted by Gasteiger charge is 2.14. The van der Waals surface area contributed by atoms with Crippen molar-refractivity contribution in [2.45, 2.75) is 50.3 Å². The van der Waals surface area contributed by atoms with E-state index in [4.69, 9.17) is 30.9 Å². The fourth-order valence-electron chi connectivity index (χ4n) is 3.89.